The Morgan fingerprint density at radius 2 is 2.24 bits per heavy atom. The number of aromatic nitrogens is 4. The Labute approximate surface area is 120 Å². The number of hydrogen-bond acceptors (Lipinski definition) is 5. The molecule has 0 bridgehead atoms. The summed E-state index contributed by atoms with van der Waals surface area (Å²) in [6, 6.07) is 1.47. The molecule has 9 nitrogen and oxygen atoms in total. The van der Waals surface area contributed by atoms with Crippen molar-refractivity contribution in [1.29, 1.82) is 0 Å². The third kappa shape index (κ3) is 2.76. The van der Waals surface area contributed by atoms with Gasteiger partial charge in [0.25, 0.3) is 5.91 Å². The van der Waals surface area contributed by atoms with E-state index in [-0.39, 0.29) is 17.4 Å². The minimum atomic E-state index is -0.622. The standard InChI is InChI=1S/C12H16N6O3/c1-4-17-9(5-6-13-17)8(2)15-12(19)11-10(18(20)21)7-14-16(11)3/h5-8H,4H2,1-3H3,(H,15,19). The Bertz CT molecular complexity index is 674. The molecular formula is C12H16N6O3. The molecule has 1 unspecified atom stereocenters. The molecule has 2 rings (SSSR count). The van der Waals surface area contributed by atoms with Crippen LogP contribution in [0.1, 0.15) is 36.1 Å². The van der Waals surface area contributed by atoms with Crippen molar-refractivity contribution in [3.05, 3.63) is 40.0 Å². The summed E-state index contributed by atoms with van der Waals surface area (Å²) in [5, 5.41) is 21.5. The van der Waals surface area contributed by atoms with E-state index in [4.69, 9.17) is 0 Å². The minimum Gasteiger partial charge on any atom is -0.342 e. The van der Waals surface area contributed by atoms with Gasteiger partial charge in [-0.15, -0.1) is 0 Å². The first-order chi connectivity index (χ1) is 9.95. The molecule has 0 aliphatic heterocycles. The number of hydrogen-bond donors (Lipinski definition) is 1. The van der Waals surface area contributed by atoms with Gasteiger partial charge >= 0.3 is 5.69 Å². The van der Waals surface area contributed by atoms with Gasteiger partial charge < -0.3 is 5.32 Å². The second-order valence-electron chi connectivity index (χ2n) is 4.53. The fraction of sp³-hybridized carbons (Fsp3) is 0.417. The van der Waals surface area contributed by atoms with Crippen LogP contribution >= 0.6 is 0 Å². The van der Waals surface area contributed by atoms with Crippen LogP contribution in [-0.2, 0) is 13.6 Å². The fourth-order valence-electron chi connectivity index (χ4n) is 2.14. The van der Waals surface area contributed by atoms with Gasteiger partial charge in [-0.1, -0.05) is 0 Å². The maximum atomic E-state index is 12.3. The molecule has 2 aromatic rings. The maximum absolute atomic E-state index is 12.3. The smallest absolute Gasteiger partial charge is 0.320 e. The Hall–Kier alpha value is -2.71. The molecule has 2 heterocycles. The maximum Gasteiger partial charge on any atom is 0.320 e. The number of rotatable bonds is 5. The number of nitrogens with one attached hydrogen (secondary N) is 1. The predicted molar refractivity (Wildman–Crippen MR) is 73.6 cm³/mol. The summed E-state index contributed by atoms with van der Waals surface area (Å²) < 4.78 is 2.94. The van der Waals surface area contributed by atoms with E-state index in [1.807, 2.05) is 6.92 Å². The van der Waals surface area contributed by atoms with Crippen molar-refractivity contribution >= 4 is 11.6 Å². The highest BCUT2D eigenvalue weighted by atomic mass is 16.6. The highest BCUT2D eigenvalue weighted by Crippen LogP contribution is 2.18. The molecule has 9 heteroatoms. The number of nitro groups is 1. The average Bonchev–Trinajstić information content (AvgIpc) is 3.04. The van der Waals surface area contributed by atoms with Crippen LogP contribution in [-0.4, -0.2) is 30.4 Å². The third-order valence-corrected chi connectivity index (χ3v) is 3.17. The molecule has 0 aliphatic rings. The van der Waals surface area contributed by atoms with Crippen LogP contribution in [0, 0.1) is 10.1 Å². The lowest BCUT2D eigenvalue weighted by molar-refractivity contribution is -0.385. The van der Waals surface area contributed by atoms with E-state index in [0.29, 0.717) is 6.54 Å². The molecule has 0 aromatic carbocycles. The first kappa shape index (κ1) is 14.7. The zero-order chi connectivity index (χ0) is 15.6. The molecule has 112 valence electrons. The lowest BCUT2D eigenvalue weighted by Gasteiger charge is -2.15. The van der Waals surface area contributed by atoms with Crippen molar-refractivity contribution in [2.24, 2.45) is 7.05 Å². The number of carbonyl (C=O) groups is 1. The van der Waals surface area contributed by atoms with Crippen LogP contribution in [0.3, 0.4) is 0 Å². The summed E-state index contributed by atoms with van der Waals surface area (Å²) in [4.78, 5) is 22.5. The molecule has 0 saturated carbocycles. The van der Waals surface area contributed by atoms with Crippen molar-refractivity contribution in [1.82, 2.24) is 24.9 Å². The molecule has 0 saturated heterocycles. The fourth-order valence-corrected chi connectivity index (χ4v) is 2.14. The van der Waals surface area contributed by atoms with E-state index in [9.17, 15) is 14.9 Å². The highest BCUT2D eigenvalue weighted by molar-refractivity contribution is 5.96. The van der Waals surface area contributed by atoms with Crippen LogP contribution in [0.4, 0.5) is 5.69 Å². The number of amides is 1. The molecular weight excluding hydrogens is 276 g/mol. The van der Waals surface area contributed by atoms with Gasteiger partial charge in [-0.3, -0.25) is 24.3 Å². The molecule has 0 spiro atoms. The van der Waals surface area contributed by atoms with Crippen LogP contribution in [0.15, 0.2) is 18.5 Å². The lowest BCUT2D eigenvalue weighted by Crippen LogP contribution is -2.30. The SMILES string of the molecule is CCn1nccc1C(C)NC(=O)c1c([N+](=O)[O-])cnn1C. The molecule has 0 aliphatic carbocycles. The first-order valence-corrected chi connectivity index (χ1v) is 6.44. The number of aryl methyl sites for hydroxylation is 2. The van der Waals surface area contributed by atoms with Gasteiger partial charge in [-0.2, -0.15) is 10.2 Å². The van der Waals surface area contributed by atoms with Crippen molar-refractivity contribution in [2.45, 2.75) is 26.4 Å². The van der Waals surface area contributed by atoms with E-state index in [1.54, 1.807) is 23.9 Å². The first-order valence-electron chi connectivity index (χ1n) is 6.44. The van der Waals surface area contributed by atoms with Gasteiger partial charge in [-0.05, 0) is 19.9 Å². The average molecular weight is 292 g/mol. The Morgan fingerprint density at radius 1 is 1.52 bits per heavy atom. The topological polar surface area (TPSA) is 108 Å². The Balaban J connectivity index is 2.22. The van der Waals surface area contributed by atoms with Gasteiger partial charge in [0, 0.05) is 19.8 Å². The third-order valence-electron chi connectivity index (χ3n) is 3.17. The van der Waals surface area contributed by atoms with E-state index in [2.05, 4.69) is 15.5 Å². The van der Waals surface area contributed by atoms with Crippen LogP contribution in [0.25, 0.3) is 0 Å². The van der Waals surface area contributed by atoms with Gasteiger partial charge in [0.2, 0.25) is 5.69 Å². The summed E-state index contributed by atoms with van der Waals surface area (Å²) >= 11 is 0. The zero-order valence-electron chi connectivity index (χ0n) is 12.0. The van der Waals surface area contributed by atoms with E-state index >= 15 is 0 Å². The zero-order valence-corrected chi connectivity index (χ0v) is 12.0. The summed E-state index contributed by atoms with van der Waals surface area (Å²) in [7, 11) is 1.49. The van der Waals surface area contributed by atoms with Gasteiger partial charge in [0.15, 0.2) is 0 Å². The van der Waals surface area contributed by atoms with Crippen LogP contribution in [0.5, 0.6) is 0 Å². The van der Waals surface area contributed by atoms with Crippen molar-refractivity contribution in [3.63, 3.8) is 0 Å². The van der Waals surface area contributed by atoms with Crippen molar-refractivity contribution in [2.75, 3.05) is 0 Å². The second-order valence-corrected chi connectivity index (χ2v) is 4.53. The summed E-state index contributed by atoms with van der Waals surface area (Å²) in [5.74, 6) is -0.543. The molecule has 21 heavy (non-hydrogen) atoms. The molecule has 0 fully saturated rings. The summed E-state index contributed by atoms with van der Waals surface area (Å²) in [6.07, 6.45) is 2.71. The normalized spacial score (nSPS) is 12.1. The quantitative estimate of drug-likeness (QED) is 0.654. The number of carbonyl (C=O) groups excluding carboxylic acids is 1. The number of nitrogens with zero attached hydrogens (tertiary/aromatic N) is 5. The summed E-state index contributed by atoms with van der Waals surface area (Å²) in [5.41, 5.74) is 0.441. The Kier molecular flexibility index (Phi) is 4.01. The van der Waals surface area contributed by atoms with E-state index in [0.717, 1.165) is 11.9 Å². The van der Waals surface area contributed by atoms with Gasteiger partial charge in [0.05, 0.1) is 16.7 Å². The van der Waals surface area contributed by atoms with Crippen LogP contribution < -0.4 is 5.32 Å². The van der Waals surface area contributed by atoms with Gasteiger partial charge in [0.1, 0.15) is 6.20 Å². The molecule has 1 amide bonds. The lowest BCUT2D eigenvalue weighted by atomic mass is 10.2. The predicted octanol–water partition coefficient (Wildman–Crippen LogP) is 1.04. The van der Waals surface area contributed by atoms with E-state index in [1.165, 1.54) is 11.7 Å². The largest absolute Gasteiger partial charge is 0.342 e. The second kappa shape index (κ2) is 5.73. The molecule has 1 N–H and O–H groups in total. The van der Waals surface area contributed by atoms with Crippen molar-refractivity contribution < 1.29 is 9.72 Å². The molecule has 1 atom stereocenters. The highest BCUT2D eigenvalue weighted by Gasteiger charge is 2.27. The molecule has 2 aromatic heterocycles. The Morgan fingerprint density at radius 3 is 2.86 bits per heavy atom. The van der Waals surface area contributed by atoms with Gasteiger partial charge in [-0.25, -0.2) is 0 Å². The van der Waals surface area contributed by atoms with Crippen LogP contribution in [0.2, 0.25) is 0 Å². The molecule has 0 radical (unpaired) electrons. The van der Waals surface area contributed by atoms with E-state index < -0.39 is 10.8 Å². The summed E-state index contributed by atoms with van der Waals surface area (Å²) in [6.45, 7) is 4.41. The minimum absolute atomic E-state index is 0.0746. The monoisotopic (exact) mass is 292 g/mol. The van der Waals surface area contributed by atoms with Crippen molar-refractivity contribution in [3.8, 4) is 0 Å².